The molecule has 0 bridgehead atoms. The number of benzene rings is 1. The molecule has 6 nitrogen and oxygen atoms in total. The first-order chi connectivity index (χ1) is 13.0. The maximum atomic E-state index is 13.1. The molecule has 146 valence electrons. The Morgan fingerprint density at radius 3 is 2.70 bits per heavy atom. The van der Waals surface area contributed by atoms with Gasteiger partial charge < -0.3 is 10.1 Å². The number of nitrogens with one attached hydrogen (secondary N) is 1. The van der Waals surface area contributed by atoms with Crippen molar-refractivity contribution in [1.29, 1.82) is 0 Å². The van der Waals surface area contributed by atoms with Crippen molar-refractivity contribution in [3.8, 4) is 5.75 Å². The third-order valence-electron chi connectivity index (χ3n) is 4.70. The molecule has 0 saturated carbocycles. The second kappa shape index (κ2) is 8.86. The molecular weight excluding hydrogens is 384 g/mol. The Bertz CT molecular complexity index is 848. The van der Waals surface area contributed by atoms with Crippen LogP contribution in [0.5, 0.6) is 5.75 Å². The molecule has 8 heteroatoms. The zero-order valence-corrected chi connectivity index (χ0v) is 16.9. The summed E-state index contributed by atoms with van der Waals surface area (Å²) in [6, 6.07) is 9.98. The smallest absolute Gasteiger partial charge is 0.243 e. The number of rotatable bonds is 7. The van der Waals surface area contributed by atoms with Gasteiger partial charge in [0.15, 0.2) is 0 Å². The first-order valence-electron chi connectivity index (χ1n) is 8.95. The van der Waals surface area contributed by atoms with Gasteiger partial charge in [0.1, 0.15) is 5.75 Å². The third-order valence-corrected chi connectivity index (χ3v) is 7.54. The molecule has 3 rings (SSSR count). The number of piperidine rings is 1. The van der Waals surface area contributed by atoms with E-state index in [1.165, 1.54) is 4.31 Å². The number of sulfonamides is 1. The lowest BCUT2D eigenvalue weighted by Crippen LogP contribution is -2.45. The average molecular weight is 409 g/mol. The van der Waals surface area contributed by atoms with Gasteiger partial charge in [0, 0.05) is 23.9 Å². The Morgan fingerprint density at radius 2 is 2.04 bits per heavy atom. The van der Waals surface area contributed by atoms with Crippen LogP contribution in [-0.2, 0) is 21.4 Å². The molecule has 1 saturated heterocycles. The molecule has 2 heterocycles. The fourth-order valence-corrected chi connectivity index (χ4v) is 5.60. The Hall–Kier alpha value is -1.90. The number of hydrogen-bond donors (Lipinski definition) is 1. The van der Waals surface area contributed by atoms with Crippen LogP contribution in [0.1, 0.15) is 30.6 Å². The Labute approximate surface area is 164 Å². The van der Waals surface area contributed by atoms with E-state index in [1.807, 2.05) is 17.5 Å². The van der Waals surface area contributed by atoms with E-state index in [-0.39, 0.29) is 23.3 Å². The molecule has 0 aliphatic carbocycles. The maximum Gasteiger partial charge on any atom is 0.243 e. The monoisotopic (exact) mass is 408 g/mol. The molecule has 1 aliphatic rings. The minimum absolute atomic E-state index is 0.120. The van der Waals surface area contributed by atoms with Crippen molar-refractivity contribution in [2.24, 2.45) is 0 Å². The molecule has 0 unspecified atom stereocenters. The summed E-state index contributed by atoms with van der Waals surface area (Å²) in [5, 5.41) is 4.86. The number of ether oxygens (including phenoxy) is 1. The van der Waals surface area contributed by atoms with Crippen molar-refractivity contribution in [1.82, 2.24) is 9.62 Å². The minimum atomic E-state index is -3.64. The van der Waals surface area contributed by atoms with Crippen LogP contribution in [0.2, 0.25) is 0 Å². The molecule has 0 spiro atoms. The highest BCUT2D eigenvalue weighted by molar-refractivity contribution is 7.89. The predicted molar refractivity (Wildman–Crippen MR) is 105 cm³/mol. The van der Waals surface area contributed by atoms with Gasteiger partial charge in [-0.05, 0) is 48.6 Å². The molecule has 1 amide bonds. The van der Waals surface area contributed by atoms with E-state index in [4.69, 9.17) is 4.74 Å². The molecule has 2 aromatic rings. The highest BCUT2D eigenvalue weighted by Gasteiger charge is 2.34. The van der Waals surface area contributed by atoms with Crippen molar-refractivity contribution in [3.05, 3.63) is 46.7 Å². The molecule has 27 heavy (non-hydrogen) atoms. The van der Waals surface area contributed by atoms with Crippen molar-refractivity contribution in [3.63, 3.8) is 0 Å². The zero-order chi connectivity index (χ0) is 19.3. The van der Waals surface area contributed by atoms with E-state index in [2.05, 4.69) is 5.32 Å². The van der Waals surface area contributed by atoms with Crippen LogP contribution in [0, 0.1) is 0 Å². The molecule has 1 aromatic heterocycles. The third kappa shape index (κ3) is 4.88. The lowest BCUT2D eigenvalue weighted by Gasteiger charge is -2.34. The fourth-order valence-electron chi connectivity index (χ4n) is 3.26. The van der Waals surface area contributed by atoms with E-state index in [9.17, 15) is 13.2 Å². The molecular formula is C19H24N2O4S2. The summed E-state index contributed by atoms with van der Waals surface area (Å²) < 4.78 is 32.7. The zero-order valence-electron chi connectivity index (χ0n) is 15.3. The van der Waals surface area contributed by atoms with Gasteiger partial charge in [0.2, 0.25) is 15.9 Å². The molecule has 1 aromatic carbocycles. The summed E-state index contributed by atoms with van der Waals surface area (Å²) in [6.07, 6.45) is 2.61. The van der Waals surface area contributed by atoms with E-state index >= 15 is 0 Å². The van der Waals surface area contributed by atoms with Crippen LogP contribution in [-0.4, -0.2) is 38.3 Å². The van der Waals surface area contributed by atoms with Crippen LogP contribution in [0.25, 0.3) is 0 Å². The second-order valence-corrected chi connectivity index (χ2v) is 9.42. The maximum absolute atomic E-state index is 13.1. The number of carbonyl (C=O) groups excluding carboxylic acids is 1. The normalized spacial score (nSPS) is 18.2. The first kappa shape index (κ1) is 19.9. The van der Waals surface area contributed by atoms with Gasteiger partial charge in [0.05, 0.1) is 18.6 Å². The molecule has 0 radical (unpaired) electrons. The lowest BCUT2D eigenvalue weighted by atomic mass is 10.0. The summed E-state index contributed by atoms with van der Waals surface area (Å²) in [7, 11) is -2.10. The van der Waals surface area contributed by atoms with E-state index in [0.717, 1.165) is 17.7 Å². The summed E-state index contributed by atoms with van der Waals surface area (Å²) in [4.78, 5) is 13.7. The standard InChI is InChI=1S/C19H24N2O4S2/c1-25-16-7-9-18(10-8-16)27(23,24)21-11-3-2-5-15(21)13-19(22)20-14-17-6-4-12-26-17/h4,6-10,12,15H,2-3,5,11,13-14H2,1H3,(H,20,22)/t15-/m0/s1. The van der Waals surface area contributed by atoms with E-state index < -0.39 is 10.0 Å². The van der Waals surface area contributed by atoms with E-state index in [1.54, 1.807) is 42.7 Å². The number of nitrogens with zero attached hydrogens (tertiary/aromatic N) is 1. The quantitative estimate of drug-likeness (QED) is 0.764. The van der Waals surface area contributed by atoms with E-state index in [0.29, 0.717) is 25.3 Å². The summed E-state index contributed by atoms with van der Waals surface area (Å²) in [5.74, 6) is 0.488. The van der Waals surface area contributed by atoms with Crippen LogP contribution in [0.15, 0.2) is 46.7 Å². The SMILES string of the molecule is COc1ccc(S(=O)(=O)N2CCCC[C@H]2CC(=O)NCc2cccs2)cc1. The van der Waals surface area contributed by atoms with Crippen LogP contribution in [0.3, 0.4) is 0 Å². The Kier molecular flexibility index (Phi) is 6.51. The molecule has 1 fully saturated rings. The van der Waals surface area contributed by atoms with Crippen molar-refractivity contribution in [2.75, 3.05) is 13.7 Å². The fraction of sp³-hybridized carbons (Fsp3) is 0.421. The van der Waals surface area contributed by atoms with Gasteiger partial charge in [-0.2, -0.15) is 4.31 Å². The number of amides is 1. The number of methoxy groups -OCH3 is 1. The topological polar surface area (TPSA) is 75.7 Å². The van der Waals surface area contributed by atoms with Gasteiger partial charge in [-0.15, -0.1) is 11.3 Å². The highest BCUT2D eigenvalue weighted by atomic mass is 32.2. The first-order valence-corrected chi connectivity index (χ1v) is 11.3. The van der Waals surface area contributed by atoms with Crippen molar-refractivity contribution < 1.29 is 17.9 Å². The molecule has 1 atom stereocenters. The van der Waals surface area contributed by atoms with Crippen LogP contribution in [0.4, 0.5) is 0 Å². The van der Waals surface area contributed by atoms with Crippen molar-refractivity contribution in [2.45, 2.75) is 43.2 Å². The van der Waals surface area contributed by atoms with Gasteiger partial charge in [0.25, 0.3) is 0 Å². The molecule has 1 aliphatic heterocycles. The minimum Gasteiger partial charge on any atom is -0.497 e. The summed E-state index contributed by atoms with van der Waals surface area (Å²) >= 11 is 1.58. The van der Waals surface area contributed by atoms with Gasteiger partial charge >= 0.3 is 0 Å². The van der Waals surface area contributed by atoms with Gasteiger partial charge in [-0.1, -0.05) is 12.5 Å². The van der Waals surface area contributed by atoms with Gasteiger partial charge in [-0.25, -0.2) is 8.42 Å². The van der Waals surface area contributed by atoms with Crippen molar-refractivity contribution >= 4 is 27.3 Å². The molecule has 1 N–H and O–H groups in total. The average Bonchev–Trinajstić information content (AvgIpc) is 3.20. The Morgan fingerprint density at radius 1 is 1.26 bits per heavy atom. The summed E-state index contributed by atoms with van der Waals surface area (Å²) in [6.45, 7) is 0.922. The van der Waals surface area contributed by atoms with Crippen LogP contribution >= 0.6 is 11.3 Å². The number of thiophene rings is 1. The summed E-state index contributed by atoms with van der Waals surface area (Å²) in [5.41, 5.74) is 0. The number of carbonyl (C=O) groups is 1. The predicted octanol–water partition coefficient (Wildman–Crippen LogP) is 3.01. The second-order valence-electron chi connectivity index (χ2n) is 6.50. The van der Waals surface area contributed by atoms with Gasteiger partial charge in [-0.3, -0.25) is 4.79 Å². The number of hydrogen-bond acceptors (Lipinski definition) is 5. The lowest BCUT2D eigenvalue weighted by molar-refractivity contribution is -0.122. The Balaban J connectivity index is 1.69. The largest absolute Gasteiger partial charge is 0.497 e. The van der Waals surface area contributed by atoms with Crippen LogP contribution < -0.4 is 10.1 Å². The highest BCUT2D eigenvalue weighted by Crippen LogP contribution is 2.28.